The van der Waals surface area contributed by atoms with E-state index in [1.54, 1.807) is 31.5 Å². The van der Waals surface area contributed by atoms with Crippen molar-refractivity contribution in [2.24, 2.45) is 0 Å². The quantitative estimate of drug-likeness (QED) is 0.625. The monoisotopic (exact) mass is 317 g/mol. The topological polar surface area (TPSA) is 85.5 Å². The number of hydrogen-bond acceptors (Lipinski definition) is 5. The predicted octanol–water partition coefficient (Wildman–Crippen LogP) is 3.87. The largest absolute Gasteiger partial charge is 0.380 e. The van der Waals surface area contributed by atoms with Crippen molar-refractivity contribution in [1.82, 2.24) is 9.97 Å². The number of anilines is 1. The van der Waals surface area contributed by atoms with Crippen molar-refractivity contribution in [3.8, 4) is 17.2 Å². The molecule has 5 nitrogen and oxygen atoms in total. The third kappa shape index (κ3) is 3.55. The van der Waals surface area contributed by atoms with Gasteiger partial charge in [0.15, 0.2) is 0 Å². The number of nitrogens with zero attached hydrogens (tertiary/aromatic N) is 3. The molecule has 0 aliphatic carbocycles. The normalized spacial score (nSPS) is 9.88. The summed E-state index contributed by atoms with van der Waals surface area (Å²) in [5, 5.41) is 21.0. The first-order valence-electron chi connectivity index (χ1n) is 7.44. The Hall–Kier alpha value is -3.26. The molecule has 0 aliphatic heterocycles. The number of hydrogen-bond donors (Lipinski definition) is 2. The highest BCUT2D eigenvalue weighted by Gasteiger charge is 2.16. The molecule has 120 valence electrons. The van der Waals surface area contributed by atoms with Gasteiger partial charge in [-0.15, -0.1) is 6.58 Å². The van der Waals surface area contributed by atoms with Gasteiger partial charge in [0.2, 0.25) is 0 Å². The van der Waals surface area contributed by atoms with E-state index < -0.39 is 0 Å². The van der Waals surface area contributed by atoms with Crippen LogP contribution in [0.4, 0.5) is 5.69 Å². The van der Waals surface area contributed by atoms with E-state index in [-0.39, 0.29) is 5.71 Å². The number of aromatic nitrogens is 2. The number of rotatable bonds is 6. The van der Waals surface area contributed by atoms with E-state index in [1.165, 1.54) is 0 Å². The van der Waals surface area contributed by atoms with Gasteiger partial charge in [-0.25, -0.2) is 9.97 Å². The third-order valence-electron chi connectivity index (χ3n) is 3.49. The van der Waals surface area contributed by atoms with Crippen molar-refractivity contribution in [2.45, 2.75) is 13.8 Å². The Kier molecular flexibility index (Phi) is 5.23. The van der Waals surface area contributed by atoms with E-state index in [0.29, 0.717) is 34.8 Å². The van der Waals surface area contributed by atoms with Crippen LogP contribution in [0.15, 0.2) is 49.3 Å². The van der Waals surface area contributed by atoms with Crippen molar-refractivity contribution in [2.75, 3.05) is 11.9 Å². The molecule has 0 unspecified atom stereocenters. The van der Waals surface area contributed by atoms with Gasteiger partial charge in [-0.1, -0.05) is 12.7 Å². The molecule has 0 aliphatic rings. The van der Waals surface area contributed by atoms with E-state index in [2.05, 4.69) is 34.5 Å². The van der Waals surface area contributed by atoms with Gasteiger partial charge in [-0.2, -0.15) is 5.26 Å². The molecule has 2 N–H and O–H groups in total. The zero-order valence-electron chi connectivity index (χ0n) is 13.8. The van der Waals surface area contributed by atoms with Gasteiger partial charge in [0.05, 0.1) is 17.0 Å². The van der Waals surface area contributed by atoms with Crippen LogP contribution in [0.2, 0.25) is 0 Å². The predicted molar refractivity (Wildman–Crippen MR) is 97.2 cm³/mol. The molecular weight excluding hydrogens is 298 g/mol. The van der Waals surface area contributed by atoms with Crippen LogP contribution >= 0.6 is 0 Å². The first-order valence-corrected chi connectivity index (χ1v) is 7.44. The smallest absolute Gasteiger partial charge is 0.125 e. The Bertz CT molecular complexity index is 841. The van der Waals surface area contributed by atoms with Crippen molar-refractivity contribution in [3.05, 3.63) is 66.3 Å². The second-order valence-corrected chi connectivity index (χ2v) is 5.40. The van der Waals surface area contributed by atoms with E-state index >= 15 is 0 Å². The van der Waals surface area contributed by atoms with E-state index in [9.17, 15) is 5.26 Å². The summed E-state index contributed by atoms with van der Waals surface area (Å²) in [6.07, 6.45) is 5.13. The summed E-state index contributed by atoms with van der Waals surface area (Å²) >= 11 is 0. The Balaban J connectivity index is 2.67. The Labute approximate surface area is 141 Å². The van der Waals surface area contributed by atoms with Crippen LogP contribution < -0.4 is 5.32 Å². The molecule has 24 heavy (non-hydrogen) atoms. The molecule has 0 amide bonds. The molecule has 0 saturated carbocycles. The van der Waals surface area contributed by atoms with Crippen LogP contribution in [0.5, 0.6) is 0 Å². The SMILES string of the molecule is C=CCNc1c(C#N)cc(-c2cnc(C)nc2)cc1C(=N)C(=C)C. The Morgan fingerprint density at radius 1 is 1.33 bits per heavy atom. The Morgan fingerprint density at radius 2 is 2.00 bits per heavy atom. The van der Waals surface area contributed by atoms with E-state index in [0.717, 1.165) is 11.1 Å². The minimum atomic E-state index is 0.285. The molecule has 0 saturated heterocycles. The van der Waals surface area contributed by atoms with Gasteiger partial charge in [-0.05, 0) is 37.1 Å². The first kappa shape index (κ1) is 17.1. The summed E-state index contributed by atoms with van der Waals surface area (Å²) in [4.78, 5) is 8.40. The second-order valence-electron chi connectivity index (χ2n) is 5.40. The average molecular weight is 317 g/mol. The first-order chi connectivity index (χ1) is 11.5. The van der Waals surface area contributed by atoms with Crippen LogP contribution in [-0.2, 0) is 0 Å². The van der Waals surface area contributed by atoms with Crippen molar-refractivity contribution >= 4 is 11.4 Å². The summed E-state index contributed by atoms with van der Waals surface area (Å²) in [5.74, 6) is 0.679. The maximum absolute atomic E-state index is 9.54. The fraction of sp³-hybridized carbons (Fsp3) is 0.158. The molecule has 0 spiro atoms. The molecule has 0 fully saturated rings. The van der Waals surface area contributed by atoms with Gasteiger partial charge in [0.25, 0.3) is 0 Å². The number of aryl methyl sites for hydroxylation is 1. The zero-order valence-corrected chi connectivity index (χ0v) is 13.8. The molecule has 1 heterocycles. The lowest BCUT2D eigenvalue weighted by atomic mass is 9.94. The van der Waals surface area contributed by atoms with Crippen LogP contribution in [0, 0.1) is 23.7 Å². The summed E-state index contributed by atoms with van der Waals surface area (Å²) in [5.41, 5.74) is 4.18. The highest BCUT2D eigenvalue weighted by Crippen LogP contribution is 2.30. The van der Waals surface area contributed by atoms with E-state index in [1.807, 2.05) is 13.0 Å². The van der Waals surface area contributed by atoms with Crippen molar-refractivity contribution in [3.63, 3.8) is 0 Å². The van der Waals surface area contributed by atoms with Crippen LogP contribution in [0.25, 0.3) is 11.1 Å². The lowest BCUT2D eigenvalue weighted by molar-refractivity contribution is 1.06. The number of allylic oxidation sites excluding steroid dienone is 1. The van der Waals surface area contributed by atoms with Crippen LogP contribution in [-0.4, -0.2) is 22.2 Å². The van der Waals surface area contributed by atoms with Gasteiger partial charge < -0.3 is 5.32 Å². The Morgan fingerprint density at radius 3 is 2.54 bits per heavy atom. The maximum Gasteiger partial charge on any atom is 0.125 e. The minimum absolute atomic E-state index is 0.285. The van der Waals surface area contributed by atoms with Gasteiger partial charge in [0, 0.05) is 30.1 Å². The lowest BCUT2D eigenvalue weighted by Crippen LogP contribution is -2.10. The number of nitrogens with one attached hydrogen (secondary N) is 2. The molecule has 2 aromatic rings. The van der Waals surface area contributed by atoms with Crippen LogP contribution in [0.3, 0.4) is 0 Å². The maximum atomic E-state index is 9.54. The van der Waals surface area contributed by atoms with Gasteiger partial charge >= 0.3 is 0 Å². The molecule has 5 heteroatoms. The third-order valence-corrected chi connectivity index (χ3v) is 3.49. The lowest BCUT2D eigenvalue weighted by Gasteiger charge is -2.16. The summed E-state index contributed by atoms with van der Waals surface area (Å²) in [7, 11) is 0. The van der Waals surface area contributed by atoms with Crippen molar-refractivity contribution in [1.29, 1.82) is 10.7 Å². The fourth-order valence-corrected chi connectivity index (χ4v) is 2.23. The van der Waals surface area contributed by atoms with Gasteiger partial charge in [0.1, 0.15) is 11.9 Å². The second kappa shape index (κ2) is 7.34. The molecule has 0 radical (unpaired) electrons. The molecule has 2 rings (SSSR count). The fourth-order valence-electron chi connectivity index (χ4n) is 2.23. The highest BCUT2D eigenvalue weighted by atomic mass is 14.9. The van der Waals surface area contributed by atoms with Gasteiger partial charge in [-0.3, -0.25) is 5.41 Å². The van der Waals surface area contributed by atoms with Crippen molar-refractivity contribution < 1.29 is 0 Å². The number of nitriles is 1. The zero-order chi connectivity index (χ0) is 17.7. The summed E-state index contributed by atoms with van der Waals surface area (Å²) in [6.45, 7) is 11.6. The highest BCUT2D eigenvalue weighted by molar-refractivity contribution is 6.14. The molecule has 0 atom stereocenters. The minimum Gasteiger partial charge on any atom is -0.380 e. The number of benzene rings is 1. The summed E-state index contributed by atoms with van der Waals surface area (Å²) in [6, 6.07) is 5.83. The summed E-state index contributed by atoms with van der Waals surface area (Å²) < 4.78 is 0. The molecular formula is C19H19N5. The molecule has 0 bridgehead atoms. The molecule has 1 aromatic carbocycles. The standard InChI is InChI=1S/C19H19N5/c1-5-6-22-19-15(9-20)7-14(8-17(19)18(21)12(2)3)16-10-23-13(4)24-11-16/h5,7-8,10-11,21-22H,1-2,6H2,3-4H3. The van der Waals surface area contributed by atoms with Crippen LogP contribution in [0.1, 0.15) is 23.9 Å². The van der Waals surface area contributed by atoms with E-state index in [4.69, 9.17) is 5.41 Å². The molecule has 1 aromatic heterocycles. The average Bonchev–Trinajstić information content (AvgIpc) is 2.59.